The highest BCUT2D eigenvalue weighted by molar-refractivity contribution is 7.21. The van der Waals surface area contributed by atoms with Gasteiger partial charge in [0.1, 0.15) is 16.5 Å². The number of rotatable bonds is 5. The Balaban J connectivity index is 1.61. The molecule has 0 aliphatic carbocycles. The van der Waals surface area contributed by atoms with Crippen molar-refractivity contribution in [3.8, 4) is 22.1 Å². The second-order valence-electron chi connectivity index (χ2n) is 7.25. The van der Waals surface area contributed by atoms with Crippen LogP contribution in [-0.2, 0) is 6.18 Å². The van der Waals surface area contributed by atoms with E-state index in [-0.39, 0.29) is 5.75 Å². The maximum atomic E-state index is 13.5. The molecule has 0 radical (unpaired) electrons. The first-order chi connectivity index (χ1) is 15.7. The number of halogens is 3. The SMILES string of the molecule is COc1ccc(C(=O)Nc2ccc(-c3nc4ccc(OC)cc4s3)cc2C)c(C(F)(F)F)c1. The molecule has 0 saturated carbocycles. The van der Waals surface area contributed by atoms with E-state index in [2.05, 4.69) is 10.3 Å². The van der Waals surface area contributed by atoms with E-state index in [0.717, 1.165) is 38.7 Å². The summed E-state index contributed by atoms with van der Waals surface area (Å²) >= 11 is 1.50. The lowest BCUT2D eigenvalue weighted by molar-refractivity contribution is -0.138. The molecule has 0 saturated heterocycles. The van der Waals surface area contributed by atoms with Gasteiger partial charge in [-0.15, -0.1) is 11.3 Å². The second-order valence-corrected chi connectivity index (χ2v) is 8.28. The number of fused-ring (bicyclic) bond motifs is 1. The second kappa shape index (κ2) is 8.74. The molecule has 9 heteroatoms. The van der Waals surface area contributed by atoms with E-state index >= 15 is 0 Å². The van der Waals surface area contributed by atoms with E-state index in [0.29, 0.717) is 11.3 Å². The molecule has 5 nitrogen and oxygen atoms in total. The van der Waals surface area contributed by atoms with Crippen LogP contribution in [0.15, 0.2) is 54.6 Å². The van der Waals surface area contributed by atoms with Crippen molar-refractivity contribution in [2.24, 2.45) is 0 Å². The molecule has 0 bridgehead atoms. The maximum absolute atomic E-state index is 13.5. The first kappa shape index (κ1) is 22.6. The van der Waals surface area contributed by atoms with Crippen molar-refractivity contribution in [2.75, 3.05) is 19.5 Å². The van der Waals surface area contributed by atoms with Crippen LogP contribution in [0.5, 0.6) is 11.5 Å². The van der Waals surface area contributed by atoms with Crippen molar-refractivity contribution in [2.45, 2.75) is 13.1 Å². The number of methoxy groups -OCH3 is 2. The fourth-order valence-corrected chi connectivity index (χ4v) is 4.36. The largest absolute Gasteiger partial charge is 0.497 e. The highest BCUT2D eigenvalue weighted by atomic mass is 32.1. The van der Waals surface area contributed by atoms with Gasteiger partial charge in [0.15, 0.2) is 0 Å². The molecule has 33 heavy (non-hydrogen) atoms. The van der Waals surface area contributed by atoms with Gasteiger partial charge < -0.3 is 14.8 Å². The summed E-state index contributed by atoms with van der Waals surface area (Å²) in [4.78, 5) is 17.3. The Labute approximate surface area is 191 Å². The molecule has 0 atom stereocenters. The molecule has 4 aromatic rings. The van der Waals surface area contributed by atoms with Crippen LogP contribution >= 0.6 is 11.3 Å². The standard InChI is InChI=1S/C24H19F3N2O3S/c1-13-10-14(23-29-20-9-6-16(32-3)12-21(20)33-23)4-8-19(13)28-22(30)17-7-5-15(31-2)11-18(17)24(25,26)27/h4-12H,1-3H3,(H,28,30). The van der Waals surface area contributed by atoms with Gasteiger partial charge in [0.25, 0.3) is 5.91 Å². The summed E-state index contributed by atoms with van der Waals surface area (Å²) in [7, 11) is 2.87. The van der Waals surface area contributed by atoms with Gasteiger partial charge in [0, 0.05) is 11.3 Å². The predicted octanol–water partition coefficient (Wildman–Crippen LogP) is 6.56. The fraction of sp³-hybridized carbons (Fsp3) is 0.167. The van der Waals surface area contributed by atoms with Gasteiger partial charge in [0.2, 0.25) is 0 Å². The molecule has 0 aliphatic heterocycles. The van der Waals surface area contributed by atoms with Crippen LogP contribution in [0.2, 0.25) is 0 Å². The van der Waals surface area contributed by atoms with Crippen LogP contribution in [0.1, 0.15) is 21.5 Å². The number of anilines is 1. The molecule has 0 unspecified atom stereocenters. The number of benzene rings is 3. The van der Waals surface area contributed by atoms with Crippen LogP contribution in [0.3, 0.4) is 0 Å². The minimum Gasteiger partial charge on any atom is -0.497 e. The van der Waals surface area contributed by atoms with Gasteiger partial charge in [-0.2, -0.15) is 13.2 Å². The van der Waals surface area contributed by atoms with Crippen LogP contribution in [0.4, 0.5) is 18.9 Å². The van der Waals surface area contributed by atoms with Crippen molar-refractivity contribution in [1.29, 1.82) is 0 Å². The van der Waals surface area contributed by atoms with Gasteiger partial charge in [0.05, 0.1) is 35.6 Å². The first-order valence-corrected chi connectivity index (χ1v) is 10.6. The van der Waals surface area contributed by atoms with Gasteiger partial charge >= 0.3 is 6.18 Å². The monoisotopic (exact) mass is 472 g/mol. The number of hydrogen-bond donors (Lipinski definition) is 1. The topological polar surface area (TPSA) is 60.5 Å². The molecular weight excluding hydrogens is 453 g/mol. The Morgan fingerprint density at radius 2 is 1.67 bits per heavy atom. The molecular formula is C24H19F3N2O3S. The van der Waals surface area contributed by atoms with Crippen LogP contribution in [0, 0.1) is 6.92 Å². The van der Waals surface area contributed by atoms with E-state index in [9.17, 15) is 18.0 Å². The molecule has 0 fully saturated rings. The van der Waals surface area contributed by atoms with Crippen LogP contribution < -0.4 is 14.8 Å². The van der Waals surface area contributed by atoms with Gasteiger partial charge in [-0.1, -0.05) is 0 Å². The van der Waals surface area contributed by atoms with E-state index in [1.54, 1.807) is 26.2 Å². The molecule has 170 valence electrons. The zero-order valence-corrected chi connectivity index (χ0v) is 18.7. The number of ether oxygens (including phenoxy) is 2. The number of nitrogens with zero attached hydrogens (tertiary/aromatic N) is 1. The zero-order valence-electron chi connectivity index (χ0n) is 17.9. The number of hydrogen-bond acceptors (Lipinski definition) is 5. The molecule has 4 rings (SSSR count). The van der Waals surface area contributed by atoms with E-state index in [1.807, 2.05) is 24.3 Å². The van der Waals surface area contributed by atoms with Crippen molar-refractivity contribution in [1.82, 2.24) is 4.98 Å². The molecule has 1 N–H and O–H groups in total. The lowest BCUT2D eigenvalue weighted by Gasteiger charge is -2.15. The smallest absolute Gasteiger partial charge is 0.417 e. The van der Waals surface area contributed by atoms with E-state index in [4.69, 9.17) is 9.47 Å². The fourth-order valence-electron chi connectivity index (χ4n) is 3.36. The number of aryl methyl sites for hydroxylation is 1. The maximum Gasteiger partial charge on any atom is 0.417 e. The Kier molecular flexibility index (Phi) is 5.99. The molecule has 3 aromatic carbocycles. The minimum absolute atomic E-state index is 0.0212. The molecule has 0 spiro atoms. The molecule has 1 heterocycles. The number of nitrogens with one attached hydrogen (secondary N) is 1. The summed E-state index contributed by atoms with van der Waals surface area (Å²) in [5.74, 6) is -0.0931. The number of carbonyl (C=O) groups is 1. The third-order valence-corrected chi connectivity index (χ3v) is 6.16. The lowest BCUT2D eigenvalue weighted by atomic mass is 10.0. The number of thiazole rings is 1. The van der Waals surface area contributed by atoms with Gasteiger partial charge in [-0.25, -0.2) is 4.98 Å². The van der Waals surface area contributed by atoms with Crippen molar-refractivity contribution >= 4 is 33.1 Å². The predicted molar refractivity (Wildman–Crippen MR) is 122 cm³/mol. The van der Waals surface area contributed by atoms with Crippen LogP contribution in [-0.4, -0.2) is 25.1 Å². The lowest BCUT2D eigenvalue weighted by Crippen LogP contribution is -2.19. The van der Waals surface area contributed by atoms with Crippen molar-refractivity contribution in [3.05, 3.63) is 71.3 Å². The quantitative estimate of drug-likeness (QED) is 0.357. The number of alkyl halides is 3. The average Bonchev–Trinajstić information content (AvgIpc) is 3.22. The van der Waals surface area contributed by atoms with Gasteiger partial charge in [-0.3, -0.25) is 4.79 Å². The van der Waals surface area contributed by atoms with Gasteiger partial charge in [-0.05, 0) is 67.1 Å². The number of amides is 1. The van der Waals surface area contributed by atoms with E-state index in [1.165, 1.54) is 24.5 Å². The summed E-state index contributed by atoms with van der Waals surface area (Å²) in [5, 5.41) is 3.37. The third kappa shape index (κ3) is 4.63. The van der Waals surface area contributed by atoms with Crippen LogP contribution in [0.25, 0.3) is 20.8 Å². The minimum atomic E-state index is -4.70. The third-order valence-electron chi connectivity index (χ3n) is 5.09. The Hall–Kier alpha value is -3.59. The highest BCUT2D eigenvalue weighted by Crippen LogP contribution is 2.36. The number of carbonyl (C=O) groups excluding carboxylic acids is 1. The Morgan fingerprint density at radius 3 is 2.33 bits per heavy atom. The first-order valence-electron chi connectivity index (χ1n) is 9.82. The summed E-state index contributed by atoms with van der Waals surface area (Å²) < 4.78 is 51.5. The van der Waals surface area contributed by atoms with E-state index < -0.39 is 23.2 Å². The van der Waals surface area contributed by atoms with Crippen molar-refractivity contribution < 1.29 is 27.4 Å². The molecule has 1 amide bonds. The summed E-state index contributed by atoms with van der Waals surface area (Å²) in [6.45, 7) is 1.77. The average molecular weight is 472 g/mol. The number of aromatic nitrogens is 1. The molecule has 0 aliphatic rings. The highest BCUT2D eigenvalue weighted by Gasteiger charge is 2.35. The Morgan fingerprint density at radius 1 is 0.970 bits per heavy atom. The Bertz CT molecular complexity index is 1350. The summed E-state index contributed by atoms with van der Waals surface area (Å²) in [6.07, 6.45) is -4.70. The zero-order chi connectivity index (χ0) is 23.8. The molecule has 1 aromatic heterocycles. The summed E-state index contributed by atoms with van der Waals surface area (Å²) in [6, 6.07) is 14.1. The summed E-state index contributed by atoms with van der Waals surface area (Å²) in [5.41, 5.74) is 1.25. The van der Waals surface area contributed by atoms with Crippen molar-refractivity contribution in [3.63, 3.8) is 0 Å². The normalized spacial score (nSPS) is 11.5.